The Morgan fingerprint density at radius 1 is 1.06 bits per heavy atom. The molecule has 0 saturated carbocycles. The number of carbonyl (C=O) groups excluding carboxylic acids is 2. The first-order valence-electron chi connectivity index (χ1n) is 10.6. The minimum atomic E-state index is -3.42. The molecule has 32 heavy (non-hydrogen) atoms. The molecule has 0 bridgehead atoms. The van der Waals surface area contributed by atoms with Crippen LogP contribution in [0, 0.1) is 0 Å². The van der Waals surface area contributed by atoms with Crippen LogP contribution in [0.4, 0.5) is 11.4 Å². The second kappa shape index (κ2) is 7.71. The van der Waals surface area contributed by atoms with Gasteiger partial charge in [0.1, 0.15) is 0 Å². The van der Waals surface area contributed by atoms with Crippen LogP contribution < -0.4 is 10.2 Å². The maximum absolute atomic E-state index is 13.4. The number of amides is 2. The van der Waals surface area contributed by atoms with E-state index in [0.29, 0.717) is 30.2 Å². The molecule has 0 radical (unpaired) electrons. The van der Waals surface area contributed by atoms with Crippen LogP contribution in [0.3, 0.4) is 0 Å². The van der Waals surface area contributed by atoms with Crippen molar-refractivity contribution < 1.29 is 22.7 Å². The number of hydrogen-bond acceptors (Lipinski definition) is 5. The molecule has 1 fully saturated rings. The van der Waals surface area contributed by atoms with Crippen molar-refractivity contribution in [3.05, 3.63) is 53.6 Å². The summed E-state index contributed by atoms with van der Waals surface area (Å²) in [5.41, 5.74) is 1.17. The van der Waals surface area contributed by atoms with E-state index in [0.717, 1.165) is 24.7 Å². The molecule has 0 atom stereocenters. The molecule has 8 heteroatoms. The van der Waals surface area contributed by atoms with Gasteiger partial charge in [0.15, 0.2) is 9.84 Å². The first-order chi connectivity index (χ1) is 14.9. The lowest BCUT2D eigenvalue weighted by Crippen LogP contribution is -2.49. The van der Waals surface area contributed by atoms with Crippen LogP contribution in [0.2, 0.25) is 0 Å². The number of benzene rings is 2. The van der Waals surface area contributed by atoms with Crippen molar-refractivity contribution in [1.82, 2.24) is 5.32 Å². The van der Waals surface area contributed by atoms with Crippen LogP contribution in [0.5, 0.6) is 0 Å². The molecule has 4 rings (SSSR count). The van der Waals surface area contributed by atoms with Gasteiger partial charge in [-0.15, -0.1) is 0 Å². The van der Waals surface area contributed by atoms with Gasteiger partial charge in [-0.05, 0) is 75.6 Å². The fraction of sp³-hybridized carbons (Fsp3) is 0.417. The minimum absolute atomic E-state index is 0.148. The van der Waals surface area contributed by atoms with Gasteiger partial charge in [0.25, 0.3) is 5.91 Å². The summed E-state index contributed by atoms with van der Waals surface area (Å²) in [6.07, 6.45) is 2.63. The van der Waals surface area contributed by atoms with E-state index in [1.165, 1.54) is 17.0 Å². The van der Waals surface area contributed by atoms with Crippen molar-refractivity contribution in [3.63, 3.8) is 0 Å². The van der Waals surface area contributed by atoms with Crippen LogP contribution in [-0.4, -0.2) is 45.2 Å². The fourth-order valence-corrected chi connectivity index (χ4v) is 4.94. The molecule has 2 aliphatic heterocycles. The van der Waals surface area contributed by atoms with Crippen LogP contribution in [0.1, 0.15) is 49.5 Å². The zero-order valence-electron chi connectivity index (χ0n) is 18.8. The molecule has 2 amide bonds. The van der Waals surface area contributed by atoms with Crippen LogP contribution in [0.15, 0.2) is 47.4 Å². The predicted molar refractivity (Wildman–Crippen MR) is 122 cm³/mol. The maximum atomic E-state index is 13.4. The Balaban J connectivity index is 1.71. The summed E-state index contributed by atoms with van der Waals surface area (Å²) in [5.74, 6) is -0.356. The number of sulfone groups is 1. The molecule has 1 N–H and O–H groups in total. The van der Waals surface area contributed by atoms with Crippen molar-refractivity contribution in [2.24, 2.45) is 0 Å². The van der Waals surface area contributed by atoms with E-state index in [9.17, 15) is 18.0 Å². The van der Waals surface area contributed by atoms with Gasteiger partial charge in [-0.1, -0.05) is 6.07 Å². The van der Waals surface area contributed by atoms with E-state index < -0.39 is 15.3 Å². The summed E-state index contributed by atoms with van der Waals surface area (Å²) < 4.78 is 29.4. The van der Waals surface area contributed by atoms with E-state index in [1.54, 1.807) is 30.3 Å². The van der Waals surface area contributed by atoms with Gasteiger partial charge in [-0.2, -0.15) is 0 Å². The highest BCUT2D eigenvalue weighted by Gasteiger charge is 2.45. The Kier molecular flexibility index (Phi) is 5.41. The van der Waals surface area contributed by atoms with Gasteiger partial charge in [0.05, 0.1) is 21.7 Å². The molecule has 7 nitrogen and oxygen atoms in total. The Bertz CT molecular complexity index is 1200. The maximum Gasteiger partial charge on any atom is 0.251 e. The van der Waals surface area contributed by atoms with E-state index in [-0.39, 0.29) is 22.2 Å². The van der Waals surface area contributed by atoms with Crippen molar-refractivity contribution in [1.29, 1.82) is 0 Å². The molecule has 1 saturated heterocycles. The smallest absolute Gasteiger partial charge is 0.251 e. The number of nitrogens with zero attached hydrogens (tertiary/aromatic N) is 1. The molecular weight excluding hydrogens is 428 g/mol. The Morgan fingerprint density at radius 2 is 1.75 bits per heavy atom. The SMILES string of the molecule is CC1(NC(=O)c2ccc3c(c2)C(C)(C)C(=O)N3c2cccc(S(C)(=O)=O)c2)CCOCC1. The number of ether oxygens (including phenoxy) is 1. The molecule has 0 unspecified atom stereocenters. The molecular formula is C24H28N2O5S. The van der Waals surface area contributed by atoms with Gasteiger partial charge < -0.3 is 10.1 Å². The van der Waals surface area contributed by atoms with Crippen molar-refractivity contribution in [2.75, 3.05) is 24.4 Å². The molecule has 2 aromatic rings. The minimum Gasteiger partial charge on any atom is -0.381 e. The highest BCUT2D eigenvalue weighted by molar-refractivity contribution is 7.90. The highest BCUT2D eigenvalue weighted by atomic mass is 32.2. The fourth-order valence-electron chi connectivity index (χ4n) is 4.28. The standard InChI is InChI=1S/C24H28N2O5S/c1-23(2)19-14-16(21(27)25-24(3)10-12-31-13-11-24)8-9-20(19)26(22(23)28)17-6-5-7-18(15-17)32(4,29)30/h5-9,14-15H,10-13H2,1-4H3,(H,25,27). The third kappa shape index (κ3) is 3.93. The number of rotatable bonds is 4. The molecule has 170 valence electrons. The van der Waals surface area contributed by atoms with Crippen LogP contribution in [-0.2, 0) is 24.8 Å². The van der Waals surface area contributed by atoms with Crippen molar-refractivity contribution in [2.45, 2.75) is 49.5 Å². The number of nitrogens with one attached hydrogen (secondary N) is 1. The topological polar surface area (TPSA) is 92.8 Å². The average Bonchev–Trinajstić information content (AvgIpc) is 2.93. The molecule has 2 heterocycles. The highest BCUT2D eigenvalue weighted by Crippen LogP contribution is 2.46. The largest absolute Gasteiger partial charge is 0.381 e. The van der Waals surface area contributed by atoms with E-state index in [2.05, 4.69) is 5.32 Å². The number of carbonyl (C=O) groups is 2. The Morgan fingerprint density at radius 3 is 2.41 bits per heavy atom. The van der Waals surface area contributed by atoms with Gasteiger partial charge in [-0.3, -0.25) is 14.5 Å². The van der Waals surface area contributed by atoms with Gasteiger partial charge >= 0.3 is 0 Å². The molecule has 2 aromatic carbocycles. The second-order valence-corrected chi connectivity index (χ2v) is 11.4. The van der Waals surface area contributed by atoms with Gasteiger partial charge in [0, 0.05) is 30.6 Å². The van der Waals surface area contributed by atoms with Crippen molar-refractivity contribution >= 4 is 33.0 Å². The summed E-state index contributed by atoms with van der Waals surface area (Å²) in [6.45, 7) is 6.88. The Labute approximate surface area is 188 Å². The van der Waals surface area contributed by atoms with Crippen LogP contribution >= 0.6 is 0 Å². The quantitative estimate of drug-likeness (QED) is 0.762. The molecule has 0 aromatic heterocycles. The zero-order valence-corrected chi connectivity index (χ0v) is 19.6. The van der Waals surface area contributed by atoms with Gasteiger partial charge in [0.2, 0.25) is 5.91 Å². The molecule has 0 aliphatic carbocycles. The van der Waals surface area contributed by atoms with Gasteiger partial charge in [-0.25, -0.2) is 8.42 Å². The monoisotopic (exact) mass is 456 g/mol. The third-order valence-electron chi connectivity index (χ3n) is 6.43. The average molecular weight is 457 g/mol. The van der Waals surface area contributed by atoms with E-state index >= 15 is 0 Å². The third-order valence-corrected chi connectivity index (χ3v) is 7.54. The zero-order chi connectivity index (χ0) is 23.3. The summed E-state index contributed by atoms with van der Waals surface area (Å²) >= 11 is 0. The predicted octanol–water partition coefficient (Wildman–Crippen LogP) is 3.34. The lowest BCUT2D eigenvalue weighted by molar-refractivity contribution is -0.121. The summed E-state index contributed by atoms with van der Waals surface area (Å²) in [4.78, 5) is 28.0. The summed E-state index contributed by atoms with van der Waals surface area (Å²) in [7, 11) is -3.42. The number of anilines is 2. The first kappa shape index (κ1) is 22.5. The first-order valence-corrected chi connectivity index (χ1v) is 12.5. The number of hydrogen-bond donors (Lipinski definition) is 1. The lowest BCUT2D eigenvalue weighted by atomic mass is 9.85. The second-order valence-electron chi connectivity index (χ2n) is 9.39. The summed E-state index contributed by atoms with van der Waals surface area (Å²) in [5, 5.41) is 3.12. The molecule has 0 spiro atoms. The van der Waals surface area contributed by atoms with E-state index in [1.807, 2.05) is 20.8 Å². The lowest BCUT2D eigenvalue weighted by Gasteiger charge is -2.34. The Hall–Kier alpha value is -2.71. The van der Waals surface area contributed by atoms with Crippen molar-refractivity contribution in [3.8, 4) is 0 Å². The van der Waals surface area contributed by atoms with Crippen LogP contribution in [0.25, 0.3) is 0 Å². The van der Waals surface area contributed by atoms with E-state index in [4.69, 9.17) is 4.74 Å². The summed E-state index contributed by atoms with van der Waals surface area (Å²) in [6, 6.07) is 11.6. The normalized spacial score (nSPS) is 19.5. The molecule has 2 aliphatic rings. The number of fused-ring (bicyclic) bond motifs is 1.